The van der Waals surface area contributed by atoms with E-state index in [1.807, 2.05) is 6.20 Å². The highest BCUT2D eigenvalue weighted by Gasteiger charge is 2.31. The van der Waals surface area contributed by atoms with Gasteiger partial charge in [0.1, 0.15) is 11.4 Å². The van der Waals surface area contributed by atoms with Crippen molar-refractivity contribution in [1.82, 2.24) is 30.6 Å². The fraction of sp³-hybridized carbons (Fsp3) is 0.522. The third-order valence-corrected chi connectivity index (χ3v) is 5.00. The molecular formula is C23H35F3N8O2. The van der Waals surface area contributed by atoms with Crippen LogP contribution >= 0.6 is 0 Å². The molecule has 0 atom stereocenters. The minimum atomic E-state index is -4.79. The van der Waals surface area contributed by atoms with Crippen molar-refractivity contribution in [3.05, 3.63) is 53.6 Å². The van der Waals surface area contributed by atoms with E-state index in [0.29, 0.717) is 31.1 Å². The molecule has 0 saturated carbocycles. The van der Waals surface area contributed by atoms with E-state index in [1.54, 1.807) is 10.7 Å². The summed E-state index contributed by atoms with van der Waals surface area (Å²) in [5.74, 6) is 5.60. The molecule has 36 heavy (non-hydrogen) atoms. The number of ether oxygens (including phenoxy) is 1. The molecule has 0 bridgehead atoms. The van der Waals surface area contributed by atoms with Crippen molar-refractivity contribution >= 4 is 5.91 Å². The van der Waals surface area contributed by atoms with Crippen molar-refractivity contribution in [2.45, 2.75) is 59.1 Å². The van der Waals surface area contributed by atoms with Crippen LogP contribution in [0.2, 0.25) is 0 Å². The molecule has 0 spiro atoms. The van der Waals surface area contributed by atoms with E-state index < -0.39 is 12.3 Å². The Morgan fingerprint density at radius 1 is 1.28 bits per heavy atom. The molecule has 0 unspecified atom stereocenters. The number of alkyl halides is 3. The zero-order valence-electron chi connectivity index (χ0n) is 20.6. The third kappa shape index (κ3) is 11.9. The second kappa shape index (κ2) is 14.3. The first-order valence-corrected chi connectivity index (χ1v) is 11.7. The van der Waals surface area contributed by atoms with Crippen LogP contribution in [0.25, 0.3) is 0 Å². The number of hydrogen-bond donors (Lipinski definition) is 4. The van der Waals surface area contributed by atoms with Crippen LogP contribution in [0, 0.1) is 5.92 Å². The normalized spacial score (nSPS) is 12.1. The first-order chi connectivity index (χ1) is 17.0. The molecule has 1 amide bonds. The molecule has 10 nitrogen and oxygen atoms in total. The summed E-state index contributed by atoms with van der Waals surface area (Å²) in [6.07, 6.45) is 1.08. The monoisotopic (exact) mass is 512 g/mol. The van der Waals surface area contributed by atoms with Gasteiger partial charge < -0.3 is 26.1 Å². The van der Waals surface area contributed by atoms with E-state index in [2.05, 4.69) is 39.5 Å². The molecule has 1 aromatic heterocycles. The first-order valence-electron chi connectivity index (χ1n) is 11.7. The molecule has 200 valence electrons. The van der Waals surface area contributed by atoms with Gasteiger partial charge in [-0.05, 0) is 49.4 Å². The lowest BCUT2D eigenvalue weighted by Crippen LogP contribution is -2.33. The van der Waals surface area contributed by atoms with Gasteiger partial charge in [-0.15, -0.1) is 18.3 Å². The highest BCUT2D eigenvalue weighted by atomic mass is 19.4. The molecule has 0 fully saturated rings. The fourth-order valence-corrected chi connectivity index (χ4v) is 3.14. The van der Waals surface area contributed by atoms with E-state index in [9.17, 15) is 18.0 Å². The number of nitrogens with two attached hydrogens (primary N) is 2. The van der Waals surface area contributed by atoms with Gasteiger partial charge in [0.05, 0.1) is 5.69 Å². The molecule has 2 aromatic rings. The Labute approximate surface area is 208 Å². The lowest BCUT2D eigenvalue weighted by atomic mass is 10.1. The Bertz CT molecular complexity index is 978. The van der Waals surface area contributed by atoms with Crippen molar-refractivity contribution in [2.24, 2.45) is 17.5 Å². The molecule has 0 aliphatic heterocycles. The Hall–Kier alpha value is -3.32. The van der Waals surface area contributed by atoms with E-state index in [4.69, 9.17) is 11.6 Å². The van der Waals surface area contributed by atoms with Crippen LogP contribution in [0.5, 0.6) is 5.75 Å². The summed E-state index contributed by atoms with van der Waals surface area (Å²) in [6.45, 7) is 7.11. The Kier molecular flexibility index (Phi) is 11.5. The van der Waals surface area contributed by atoms with Gasteiger partial charge in [-0.25, -0.2) is 5.84 Å². The summed E-state index contributed by atoms with van der Waals surface area (Å²) >= 11 is 0. The fourth-order valence-electron chi connectivity index (χ4n) is 3.14. The number of aromatic nitrogens is 3. The smallest absolute Gasteiger partial charge is 0.406 e. The number of rotatable bonds is 15. The highest BCUT2D eigenvalue weighted by molar-refractivity contribution is 5.92. The van der Waals surface area contributed by atoms with Crippen molar-refractivity contribution in [3.63, 3.8) is 0 Å². The van der Waals surface area contributed by atoms with Crippen molar-refractivity contribution in [2.75, 3.05) is 13.1 Å². The van der Waals surface area contributed by atoms with Gasteiger partial charge in [0.2, 0.25) is 0 Å². The zero-order chi connectivity index (χ0) is 26.6. The maximum atomic E-state index is 12.3. The van der Waals surface area contributed by atoms with Crippen molar-refractivity contribution in [1.29, 1.82) is 0 Å². The summed E-state index contributed by atoms with van der Waals surface area (Å²) in [5, 5.41) is 15.5. The van der Waals surface area contributed by atoms with Gasteiger partial charge in [-0.2, -0.15) is 0 Å². The third-order valence-electron chi connectivity index (χ3n) is 5.00. The Balaban J connectivity index is 1.67. The lowest BCUT2D eigenvalue weighted by molar-refractivity contribution is -0.274. The number of unbranched alkanes of at least 4 members (excludes halogenated alkanes) is 1. The molecule has 6 N–H and O–H groups in total. The minimum absolute atomic E-state index is 0.0276. The SMILES string of the molecule is CC(C)CCNCc1cn(CCCCN(N)/C=C(\N)C(=O)NCc2cccc(OC(F)(F)F)c2)nn1. The second-order valence-electron chi connectivity index (χ2n) is 8.74. The van der Waals surface area contributed by atoms with Crippen LogP contribution in [0.1, 0.15) is 44.4 Å². The van der Waals surface area contributed by atoms with Crippen LogP contribution in [-0.4, -0.2) is 45.4 Å². The standard InChI is InChI=1S/C23H35F3N8O2/c1-17(2)8-9-29-14-19-15-34(32-31-19)11-4-3-10-33(28)16-21(27)22(35)30-13-18-6-5-7-20(12-18)36-23(24,25)26/h5-7,12,15-17,29H,3-4,8-11,13-14,27-28H2,1-2H3,(H,30,35)/b21-16-. The minimum Gasteiger partial charge on any atom is -0.406 e. The predicted octanol–water partition coefficient (Wildman–Crippen LogP) is 2.38. The number of halogens is 3. The molecule has 1 heterocycles. The van der Waals surface area contributed by atoms with E-state index >= 15 is 0 Å². The maximum absolute atomic E-state index is 12.3. The number of nitrogens with one attached hydrogen (secondary N) is 2. The average molecular weight is 513 g/mol. The molecule has 0 saturated heterocycles. The summed E-state index contributed by atoms with van der Waals surface area (Å²) in [5.41, 5.74) is 6.98. The molecule has 0 aliphatic rings. The van der Waals surface area contributed by atoms with E-state index in [0.717, 1.165) is 31.5 Å². The van der Waals surface area contributed by atoms with Gasteiger partial charge in [0, 0.05) is 38.6 Å². The average Bonchev–Trinajstić information content (AvgIpc) is 3.24. The van der Waals surface area contributed by atoms with Gasteiger partial charge in [-0.1, -0.05) is 31.2 Å². The zero-order valence-corrected chi connectivity index (χ0v) is 20.6. The van der Waals surface area contributed by atoms with E-state index in [-0.39, 0.29) is 18.0 Å². The molecule has 1 aromatic carbocycles. The first kappa shape index (κ1) is 28.9. The van der Waals surface area contributed by atoms with Crippen molar-refractivity contribution < 1.29 is 22.7 Å². The summed E-state index contributed by atoms with van der Waals surface area (Å²) in [6, 6.07) is 5.31. The van der Waals surface area contributed by atoms with E-state index in [1.165, 1.54) is 29.4 Å². The highest BCUT2D eigenvalue weighted by Crippen LogP contribution is 2.23. The number of amides is 1. The number of hydrogen-bond acceptors (Lipinski definition) is 8. The van der Waals surface area contributed by atoms with Crippen LogP contribution in [0.4, 0.5) is 13.2 Å². The molecule has 13 heteroatoms. The Morgan fingerprint density at radius 3 is 2.78 bits per heavy atom. The van der Waals surface area contributed by atoms with Gasteiger partial charge in [-0.3, -0.25) is 9.48 Å². The van der Waals surface area contributed by atoms with Gasteiger partial charge in [0.25, 0.3) is 5.91 Å². The van der Waals surface area contributed by atoms with Crippen LogP contribution in [0.3, 0.4) is 0 Å². The number of aryl methyl sites for hydroxylation is 1. The lowest BCUT2D eigenvalue weighted by Gasteiger charge is -2.15. The quantitative estimate of drug-likeness (QED) is 0.124. The number of carbonyl (C=O) groups excluding carboxylic acids is 1. The summed E-state index contributed by atoms with van der Waals surface area (Å²) < 4.78 is 42.7. The van der Waals surface area contributed by atoms with Gasteiger partial charge in [0.15, 0.2) is 0 Å². The second-order valence-corrected chi connectivity index (χ2v) is 8.74. The van der Waals surface area contributed by atoms with Gasteiger partial charge >= 0.3 is 6.36 Å². The van der Waals surface area contributed by atoms with Crippen molar-refractivity contribution in [3.8, 4) is 5.75 Å². The number of carbonyl (C=O) groups is 1. The number of benzene rings is 1. The van der Waals surface area contributed by atoms with Crippen LogP contribution in [0.15, 0.2) is 42.4 Å². The number of hydrazine groups is 1. The predicted molar refractivity (Wildman–Crippen MR) is 129 cm³/mol. The largest absolute Gasteiger partial charge is 0.573 e. The topological polar surface area (TPSA) is 136 Å². The molecule has 0 radical (unpaired) electrons. The van der Waals surface area contributed by atoms with Crippen LogP contribution < -0.4 is 26.9 Å². The molecular weight excluding hydrogens is 477 g/mol. The molecule has 0 aliphatic carbocycles. The maximum Gasteiger partial charge on any atom is 0.573 e. The number of nitrogens with zero attached hydrogens (tertiary/aromatic N) is 4. The summed E-state index contributed by atoms with van der Waals surface area (Å²) in [7, 11) is 0. The summed E-state index contributed by atoms with van der Waals surface area (Å²) in [4.78, 5) is 12.2. The molecule has 2 rings (SSSR count). The Morgan fingerprint density at radius 2 is 2.06 bits per heavy atom. The van der Waals surface area contributed by atoms with Crippen LogP contribution in [-0.2, 0) is 24.4 Å².